The van der Waals surface area contributed by atoms with Gasteiger partial charge >= 0.3 is 0 Å². The molecule has 2 aromatic carbocycles. The third kappa shape index (κ3) is 9.62. The van der Waals surface area contributed by atoms with Crippen LogP contribution in [0.3, 0.4) is 0 Å². The van der Waals surface area contributed by atoms with Gasteiger partial charge in [0.15, 0.2) is 5.16 Å². The number of benzene rings is 2. The summed E-state index contributed by atoms with van der Waals surface area (Å²) in [4.78, 5) is 17.2. The molecular weight excluding hydrogens is 701 g/mol. The van der Waals surface area contributed by atoms with Crippen molar-refractivity contribution >= 4 is 66.0 Å². The predicted molar refractivity (Wildman–Crippen MR) is 200 cm³/mol. The molecule has 4 heterocycles. The second kappa shape index (κ2) is 17.1. The summed E-state index contributed by atoms with van der Waals surface area (Å²) in [5, 5.41) is 3.05. The standard InChI is InChI=1S/C17H19N3O4S2.C17H19N3OS2/c1-25(21)17-18-9-7-16(19-17)20-10-8-13-14(20)5-3-6-15(13)24-11-4-12-26(2,22)23;1-22-12-4-11-21-15-6-3-5-14-13(15)8-10-20(14)16-7-9-18-17(19-16)23-2/h3,5-10H,4,11-12H2,1-2H3;3,5-10H,4,11-12H2,1-2H3. The van der Waals surface area contributed by atoms with Crippen molar-refractivity contribution in [2.45, 2.75) is 23.2 Å². The van der Waals surface area contributed by atoms with E-state index < -0.39 is 20.6 Å². The van der Waals surface area contributed by atoms with Gasteiger partial charge in [0.1, 0.15) is 33.0 Å². The Labute approximate surface area is 297 Å². The minimum atomic E-state index is -2.99. The van der Waals surface area contributed by atoms with E-state index in [-0.39, 0.29) is 10.9 Å². The highest BCUT2D eigenvalue weighted by atomic mass is 32.2. The van der Waals surface area contributed by atoms with E-state index in [0.717, 1.165) is 57.3 Å². The summed E-state index contributed by atoms with van der Waals surface area (Å²) in [6, 6.07) is 19.4. The van der Waals surface area contributed by atoms with Crippen LogP contribution in [-0.2, 0) is 20.6 Å². The molecular formula is C34H38N6O5S4. The summed E-state index contributed by atoms with van der Waals surface area (Å²) in [7, 11) is -4.25. The van der Waals surface area contributed by atoms with Gasteiger partial charge in [-0.25, -0.2) is 28.4 Å². The van der Waals surface area contributed by atoms with E-state index in [1.54, 1.807) is 30.2 Å². The Balaban J connectivity index is 0.000000192. The van der Waals surface area contributed by atoms with E-state index in [4.69, 9.17) is 9.47 Å². The van der Waals surface area contributed by atoms with Gasteiger partial charge in [0.05, 0.1) is 40.8 Å². The molecule has 0 aliphatic heterocycles. The van der Waals surface area contributed by atoms with Crippen molar-refractivity contribution in [3.63, 3.8) is 0 Å². The van der Waals surface area contributed by atoms with Crippen molar-refractivity contribution in [3.8, 4) is 23.1 Å². The van der Waals surface area contributed by atoms with E-state index in [1.165, 1.54) is 12.5 Å². The molecule has 1 unspecified atom stereocenters. The summed E-state index contributed by atoms with van der Waals surface area (Å²) in [5.41, 5.74) is 1.98. The van der Waals surface area contributed by atoms with Crippen LogP contribution in [-0.4, -0.2) is 91.4 Å². The monoisotopic (exact) mass is 738 g/mol. The summed E-state index contributed by atoms with van der Waals surface area (Å²) in [5.74, 6) is 4.33. The smallest absolute Gasteiger partial charge is 0.220 e. The number of ether oxygens (including phenoxy) is 2. The lowest BCUT2D eigenvalue weighted by atomic mass is 10.2. The number of nitrogens with zero attached hydrogens (tertiary/aromatic N) is 6. The summed E-state index contributed by atoms with van der Waals surface area (Å²) in [6.45, 7) is 1.07. The molecule has 4 aromatic heterocycles. The molecule has 6 rings (SSSR count). The Morgan fingerprint density at radius 3 is 1.90 bits per heavy atom. The van der Waals surface area contributed by atoms with Crippen molar-refractivity contribution < 1.29 is 22.1 Å². The van der Waals surface area contributed by atoms with Crippen LogP contribution in [0.2, 0.25) is 0 Å². The van der Waals surface area contributed by atoms with Gasteiger partial charge in [0.2, 0.25) is 5.16 Å². The molecule has 49 heavy (non-hydrogen) atoms. The summed E-state index contributed by atoms with van der Waals surface area (Å²) < 4.78 is 49.7. The lowest BCUT2D eigenvalue weighted by molar-refractivity contribution is 0.321. The van der Waals surface area contributed by atoms with Crippen molar-refractivity contribution in [1.29, 1.82) is 0 Å². The van der Waals surface area contributed by atoms with Gasteiger partial charge in [-0.15, -0.1) is 0 Å². The molecule has 0 bridgehead atoms. The van der Waals surface area contributed by atoms with Crippen LogP contribution in [0.25, 0.3) is 33.4 Å². The van der Waals surface area contributed by atoms with Crippen LogP contribution in [0.4, 0.5) is 0 Å². The molecule has 0 fully saturated rings. The van der Waals surface area contributed by atoms with Crippen LogP contribution in [0.1, 0.15) is 12.8 Å². The first kappa shape index (κ1) is 36.4. The number of sulfone groups is 1. The van der Waals surface area contributed by atoms with Crippen LogP contribution < -0.4 is 9.47 Å². The summed E-state index contributed by atoms with van der Waals surface area (Å²) in [6.07, 6.45) is 15.6. The Morgan fingerprint density at radius 1 is 0.776 bits per heavy atom. The third-order valence-corrected chi connectivity index (χ3v) is 10.2. The van der Waals surface area contributed by atoms with E-state index in [9.17, 15) is 12.6 Å². The van der Waals surface area contributed by atoms with E-state index in [2.05, 4.69) is 42.9 Å². The van der Waals surface area contributed by atoms with Crippen molar-refractivity contribution in [2.75, 3.05) is 49.7 Å². The van der Waals surface area contributed by atoms with Crippen LogP contribution >= 0.6 is 23.5 Å². The SMILES string of the molecule is CS(=O)c1nccc(-n2ccc3c(OCCCS(C)(=O)=O)cccc32)n1.CSCCCOc1cccc2c1ccn2-c1ccnc(SC)n1. The van der Waals surface area contributed by atoms with Gasteiger partial charge < -0.3 is 18.6 Å². The highest BCUT2D eigenvalue weighted by Crippen LogP contribution is 2.30. The molecule has 0 N–H and O–H groups in total. The van der Waals surface area contributed by atoms with Gasteiger partial charge in [-0.2, -0.15) is 11.8 Å². The minimum absolute atomic E-state index is 0.0991. The fourth-order valence-corrected chi connectivity index (χ4v) is 6.82. The van der Waals surface area contributed by atoms with E-state index in [0.29, 0.717) is 24.6 Å². The van der Waals surface area contributed by atoms with Gasteiger partial charge in [-0.3, -0.25) is 4.21 Å². The largest absolute Gasteiger partial charge is 0.493 e. The zero-order valence-corrected chi connectivity index (χ0v) is 30.9. The van der Waals surface area contributed by atoms with Crippen LogP contribution in [0, 0.1) is 0 Å². The maximum Gasteiger partial charge on any atom is 0.220 e. The molecule has 0 spiro atoms. The normalized spacial score (nSPS) is 12.1. The number of hydrogen-bond acceptors (Lipinski definition) is 11. The molecule has 0 aliphatic carbocycles. The molecule has 258 valence electrons. The number of thioether (sulfide) groups is 2. The fraction of sp³-hybridized carbons (Fsp3) is 0.294. The Kier molecular flexibility index (Phi) is 12.7. The summed E-state index contributed by atoms with van der Waals surface area (Å²) >= 11 is 3.39. The van der Waals surface area contributed by atoms with Crippen LogP contribution in [0.15, 0.2) is 95.8 Å². The second-order valence-corrected chi connectivity index (χ2v) is 16.1. The molecule has 15 heteroatoms. The number of hydrogen-bond donors (Lipinski definition) is 0. The lowest BCUT2D eigenvalue weighted by Gasteiger charge is -2.09. The van der Waals surface area contributed by atoms with Crippen molar-refractivity contribution in [2.24, 2.45) is 0 Å². The highest BCUT2D eigenvalue weighted by Gasteiger charge is 2.12. The second-order valence-electron chi connectivity index (χ2n) is 10.8. The average molecular weight is 739 g/mol. The zero-order chi connectivity index (χ0) is 34.8. The average Bonchev–Trinajstić information content (AvgIpc) is 3.74. The van der Waals surface area contributed by atoms with Crippen molar-refractivity contribution in [3.05, 3.63) is 85.5 Å². The molecule has 0 amide bonds. The first-order valence-corrected chi connectivity index (χ1v) is 21.6. The van der Waals surface area contributed by atoms with Crippen molar-refractivity contribution in [1.82, 2.24) is 29.1 Å². The fourth-order valence-electron chi connectivity index (χ4n) is 4.99. The quantitative estimate of drug-likeness (QED) is 0.0715. The van der Waals surface area contributed by atoms with Gasteiger partial charge in [0.25, 0.3) is 0 Å². The molecule has 1 atom stereocenters. The van der Waals surface area contributed by atoms with Crippen LogP contribution in [0.5, 0.6) is 11.5 Å². The Morgan fingerprint density at radius 2 is 1.35 bits per heavy atom. The first-order valence-electron chi connectivity index (χ1n) is 15.3. The minimum Gasteiger partial charge on any atom is -0.493 e. The highest BCUT2D eigenvalue weighted by molar-refractivity contribution is 7.98. The van der Waals surface area contributed by atoms with Gasteiger partial charge in [0, 0.05) is 48.1 Å². The number of aromatic nitrogens is 6. The lowest BCUT2D eigenvalue weighted by Crippen LogP contribution is -2.08. The van der Waals surface area contributed by atoms with E-state index in [1.807, 2.05) is 77.4 Å². The zero-order valence-electron chi connectivity index (χ0n) is 27.7. The molecule has 6 aromatic rings. The van der Waals surface area contributed by atoms with Gasteiger partial charge in [-0.05, 0) is 79.6 Å². The maximum absolute atomic E-state index is 11.6. The van der Waals surface area contributed by atoms with E-state index >= 15 is 0 Å². The number of fused-ring (bicyclic) bond motifs is 2. The third-order valence-electron chi connectivity index (χ3n) is 7.22. The molecule has 0 saturated heterocycles. The predicted octanol–water partition coefficient (Wildman–Crippen LogP) is 6.25. The molecule has 0 saturated carbocycles. The molecule has 0 radical (unpaired) electrons. The Hall–Kier alpha value is -3.92. The molecule has 11 nitrogen and oxygen atoms in total. The molecule has 0 aliphatic rings. The maximum atomic E-state index is 11.6. The first-order chi connectivity index (χ1) is 23.7. The van der Waals surface area contributed by atoms with Gasteiger partial charge in [-0.1, -0.05) is 23.9 Å². The number of rotatable bonds is 14. The Bertz CT molecular complexity index is 2150. The topological polar surface area (TPSA) is 131 Å².